The fourth-order valence-electron chi connectivity index (χ4n) is 1.88. The molecule has 0 bridgehead atoms. The summed E-state index contributed by atoms with van der Waals surface area (Å²) in [5, 5.41) is 38.0. The number of imidazole rings is 1. The van der Waals surface area contributed by atoms with Crippen molar-refractivity contribution >= 4 is 8.07 Å². The van der Waals surface area contributed by atoms with Gasteiger partial charge in [-0.1, -0.05) is 25.6 Å². The number of aliphatic hydroxyl groups excluding tert-OH is 3. The molecule has 2 rings (SSSR count). The summed E-state index contributed by atoms with van der Waals surface area (Å²) >= 11 is 0. The highest BCUT2D eigenvalue weighted by Gasteiger charge is 2.43. The predicted molar refractivity (Wildman–Crippen MR) is 75.3 cm³/mol. The zero-order valence-corrected chi connectivity index (χ0v) is 13.0. The maximum Gasteiger partial charge on any atom is 0.186 e. The molecule has 0 aromatic carbocycles. The van der Waals surface area contributed by atoms with Gasteiger partial charge in [-0.05, 0) is 0 Å². The first-order valence-electron chi connectivity index (χ1n) is 6.44. The molecule has 0 radical (unpaired) electrons. The van der Waals surface area contributed by atoms with Gasteiger partial charge >= 0.3 is 0 Å². The molecule has 0 saturated carbocycles. The quantitative estimate of drug-likeness (QED) is 0.479. The van der Waals surface area contributed by atoms with Gasteiger partial charge in [0.2, 0.25) is 0 Å². The van der Waals surface area contributed by atoms with Crippen LogP contribution < -0.4 is 0 Å². The summed E-state index contributed by atoms with van der Waals surface area (Å²) in [4.78, 5) is 3.92. The average Bonchev–Trinajstić information content (AvgIpc) is 2.91. The molecule has 2 heterocycles. The third-order valence-electron chi connectivity index (χ3n) is 2.94. The van der Waals surface area contributed by atoms with E-state index in [1.54, 1.807) is 0 Å². The lowest BCUT2D eigenvalue weighted by molar-refractivity contribution is -0.141. The van der Waals surface area contributed by atoms with Crippen molar-refractivity contribution in [3.05, 3.63) is 17.7 Å². The zero-order chi connectivity index (χ0) is 15.8. The molecule has 3 N–H and O–H groups in total. The van der Waals surface area contributed by atoms with E-state index >= 15 is 0 Å². The standard InChI is InChI=1S/C13H17N3O4Si/c1-21(2,3)5-4-9-8(6-14)15-7-16(9)12-10(17)11(18)13(19)20-12/h7,10-13,17-19H,1-3H3/t10-,11+,12?,13-/m0/s1. The molecular weight excluding hydrogens is 290 g/mol. The second kappa shape index (κ2) is 5.60. The molecule has 1 fully saturated rings. The third-order valence-corrected chi connectivity index (χ3v) is 3.82. The molecule has 0 amide bonds. The highest BCUT2D eigenvalue weighted by Crippen LogP contribution is 2.29. The summed E-state index contributed by atoms with van der Waals surface area (Å²) in [5.41, 5.74) is 3.54. The van der Waals surface area contributed by atoms with E-state index < -0.39 is 32.8 Å². The van der Waals surface area contributed by atoms with Crippen molar-refractivity contribution in [2.75, 3.05) is 0 Å². The molecule has 1 saturated heterocycles. The van der Waals surface area contributed by atoms with Crippen molar-refractivity contribution in [2.45, 2.75) is 44.4 Å². The Balaban J connectivity index is 2.44. The fourth-order valence-corrected chi connectivity index (χ4v) is 2.37. The number of aromatic nitrogens is 2. The molecule has 1 aliphatic heterocycles. The van der Waals surface area contributed by atoms with Crippen LogP contribution in [-0.2, 0) is 4.74 Å². The van der Waals surface area contributed by atoms with Gasteiger partial charge in [0, 0.05) is 0 Å². The van der Waals surface area contributed by atoms with Gasteiger partial charge in [0.1, 0.15) is 32.0 Å². The van der Waals surface area contributed by atoms with Crippen LogP contribution in [-0.4, -0.2) is 51.4 Å². The van der Waals surface area contributed by atoms with Gasteiger partial charge in [0.25, 0.3) is 0 Å². The molecular formula is C13H17N3O4Si. The van der Waals surface area contributed by atoms with Crippen LogP contribution in [0.2, 0.25) is 19.6 Å². The first-order valence-corrected chi connectivity index (χ1v) is 9.94. The Hall–Kier alpha value is -1.68. The number of nitriles is 1. The largest absolute Gasteiger partial charge is 0.385 e. The summed E-state index contributed by atoms with van der Waals surface area (Å²) < 4.78 is 6.49. The van der Waals surface area contributed by atoms with Crippen LogP contribution in [0.4, 0.5) is 0 Å². The Morgan fingerprint density at radius 1 is 1.29 bits per heavy atom. The fraction of sp³-hybridized carbons (Fsp3) is 0.538. The minimum atomic E-state index is -1.67. The maximum atomic E-state index is 9.91. The molecule has 4 atom stereocenters. The Morgan fingerprint density at radius 3 is 2.43 bits per heavy atom. The van der Waals surface area contributed by atoms with E-state index in [1.807, 2.05) is 6.07 Å². The topological polar surface area (TPSA) is 112 Å². The molecule has 0 aliphatic carbocycles. The summed E-state index contributed by atoms with van der Waals surface area (Å²) in [6.45, 7) is 6.17. The van der Waals surface area contributed by atoms with Gasteiger partial charge in [-0.3, -0.25) is 4.57 Å². The lowest BCUT2D eigenvalue weighted by Gasteiger charge is -2.16. The van der Waals surface area contributed by atoms with Crippen LogP contribution in [0.1, 0.15) is 17.6 Å². The van der Waals surface area contributed by atoms with Gasteiger partial charge in [0.05, 0.1) is 6.33 Å². The minimum absolute atomic E-state index is 0.118. The summed E-state index contributed by atoms with van der Waals surface area (Å²) in [6, 6.07) is 1.93. The Labute approximate surface area is 123 Å². The van der Waals surface area contributed by atoms with Crippen molar-refractivity contribution in [3.63, 3.8) is 0 Å². The van der Waals surface area contributed by atoms with Crippen LogP contribution >= 0.6 is 0 Å². The highest BCUT2D eigenvalue weighted by atomic mass is 28.3. The number of ether oxygens (including phenoxy) is 1. The molecule has 1 unspecified atom stereocenters. The average molecular weight is 307 g/mol. The van der Waals surface area contributed by atoms with E-state index in [2.05, 4.69) is 36.1 Å². The van der Waals surface area contributed by atoms with Crippen LogP contribution in [0.15, 0.2) is 6.33 Å². The smallest absolute Gasteiger partial charge is 0.186 e. The normalized spacial score (nSPS) is 28.8. The lowest BCUT2D eigenvalue weighted by atomic mass is 10.2. The molecule has 1 aromatic rings. The van der Waals surface area contributed by atoms with Crippen molar-refractivity contribution in [1.82, 2.24) is 9.55 Å². The van der Waals surface area contributed by atoms with E-state index in [9.17, 15) is 15.3 Å². The zero-order valence-electron chi connectivity index (χ0n) is 12.0. The van der Waals surface area contributed by atoms with Gasteiger partial charge in [-0.2, -0.15) is 5.26 Å². The van der Waals surface area contributed by atoms with E-state index in [4.69, 9.17) is 10.00 Å². The van der Waals surface area contributed by atoms with Gasteiger partial charge in [-0.15, -0.1) is 5.54 Å². The summed E-state index contributed by atoms with van der Waals surface area (Å²) in [5.74, 6) is 2.92. The van der Waals surface area contributed by atoms with E-state index in [-0.39, 0.29) is 5.69 Å². The molecule has 8 heteroatoms. The van der Waals surface area contributed by atoms with Crippen molar-refractivity contribution < 1.29 is 20.1 Å². The second-order valence-electron chi connectivity index (χ2n) is 5.86. The Morgan fingerprint density at radius 2 is 1.95 bits per heavy atom. The highest BCUT2D eigenvalue weighted by molar-refractivity contribution is 6.83. The molecule has 1 aliphatic rings. The Kier molecular flexibility index (Phi) is 4.19. The van der Waals surface area contributed by atoms with Crippen LogP contribution in [0.3, 0.4) is 0 Å². The number of rotatable bonds is 1. The first-order chi connectivity index (χ1) is 9.74. The number of hydrogen-bond donors (Lipinski definition) is 3. The number of nitrogens with zero attached hydrogens (tertiary/aromatic N) is 3. The molecule has 21 heavy (non-hydrogen) atoms. The Bertz CT molecular complexity index is 635. The van der Waals surface area contributed by atoms with Gasteiger partial charge in [-0.25, -0.2) is 4.98 Å². The second-order valence-corrected chi connectivity index (χ2v) is 10.6. The maximum absolute atomic E-state index is 9.91. The lowest BCUT2D eigenvalue weighted by Crippen LogP contribution is -2.31. The summed E-state index contributed by atoms with van der Waals surface area (Å²) in [6.07, 6.45) is -3.95. The van der Waals surface area contributed by atoms with E-state index in [1.165, 1.54) is 10.9 Å². The van der Waals surface area contributed by atoms with E-state index in [0.29, 0.717) is 5.69 Å². The van der Waals surface area contributed by atoms with Crippen molar-refractivity contribution in [3.8, 4) is 17.5 Å². The summed E-state index contributed by atoms with van der Waals surface area (Å²) in [7, 11) is -1.67. The number of aliphatic hydroxyl groups is 3. The first kappa shape index (κ1) is 15.7. The van der Waals surface area contributed by atoms with E-state index in [0.717, 1.165) is 0 Å². The molecule has 1 aromatic heterocycles. The van der Waals surface area contributed by atoms with Crippen LogP contribution in [0.5, 0.6) is 0 Å². The minimum Gasteiger partial charge on any atom is -0.385 e. The van der Waals surface area contributed by atoms with Crippen LogP contribution in [0, 0.1) is 22.8 Å². The molecule has 7 nitrogen and oxygen atoms in total. The molecule has 0 spiro atoms. The van der Waals surface area contributed by atoms with Gasteiger partial charge < -0.3 is 20.1 Å². The van der Waals surface area contributed by atoms with Crippen LogP contribution in [0.25, 0.3) is 0 Å². The van der Waals surface area contributed by atoms with Gasteiger partial charge in [0.15, 0.2) is 18.2 Å². The predicted octanol–water partition coefficient (Wildman–Crippen LogP) is -0.447. The monoisotopic (exact) mass is 307 g/mol. The van der Waals surface area contributed by atoms with Crippen molar-refractivity contribution in [1.29, 1.82) is 5.26 Å². The number of hydrogen-bond acceptors (Lipinski definition) is 6. The third kappa shape index (κ3) is 3.15. The SMILES string of the molecule is C[Si](C)(C)C#Cc1c(C#N)ncn1C1O[C@H](O)[C@H](O)[C@@H]1O. The molecule has 112 valence electrons. The van der Waals surface area contributed by atoms with Crippen molar-refractivity contribution in [2.24, 2.45) is 0 Å².